The summed E-state index contributed by atoms with van der Waals surface area (Å²) in [4.78, 5) is 42.5. The van der Waals surface area contributed by atoms with Gasteiger partial charge < -0.3 is 0 Å². The first kappa shape index (κ1) is 12.8. The van der Waals surface area contributed by atoms with Crippen molar-refractivity contribution in [2.45, 2.75) is 39.2 Å². The Bertz CT molecular complexity index is 830. The van der Waals surface area contributed by atoms with Crippen LogP contribution in [0.4, 0.5) is 0 Å². The average Bonchev–Trinajstić information content (AvgIpc) is 2.37. The van der Waals surface area contributed by atoms with Crippen LogP contribution in [0, 0.1) is 0 Å². The van der Waals surface area contributed by atoms with Gasteiger partial charge in [-0.15, -0.1) is 0 Å². The summed E-state index contributed by atoms with van der Waals surface area (Å²) in [7, 11) is 0. The van der Waals surface area contributed by atoms with Crippen molar-refractivity contribution in [3.63, 3.8) is 0 Å². The maximum atomic E-state index is 12.1. The second-order valence-corrected chi connectivity index (χ2v) is 5.35. The quantitative estimate of drug-likeness (QED) is 0.845. The molecule has 0 atom stereocenters. The van der Waals surface area contributed by atoms with Crippen LogP contribution in [0.25, 0.3) is 11.0 Å². The molecule has 0 saturated carbocycles. The van der Waals surface area contributed by atoms with Crippen LogP contribution in [0.1, 0.15) is 48.7 Å². The molecule has 0 aliphatic heterocycles. The van der Waals surface area contributed by atoms with E-state index in [1.54, 1.807) is 0 Å². The predicted octanol–water partition coefficient (Wildman–Crippen LogP) is 1.18. The fourth-order valence-electron chi connectivity index (χ4n) is 2.81. The number of aromatic amines is 1. The number of pyridine rings is 1. The van der Waals surface area contributed by atoms with Crippen molar-refractivity contribution in [1.82, 2.24) is 14.5 Å². The Balaban J connectivity index is 2.51. The Morgan fingerprint density at radius 1 is 1.25 bits per heavy atom. The predicted molar refractivity (Wildman–Crippen MR) is 74.3 cm³/mol. The summed E-state index contributed by atoms with van der Waals surface area (Å²) in [6.07, 6.45) is 3.38. The molecule has 3 rings (SSSR count). The van der Waals surface area contributed by atoms with Gasteiger partial charge >= 0.3 is 5.69 Å². The van der Waals surface area contributed by atoms with Gasteiger partial charge in [0.1, 0.15) is 5.65 Å². The molecule has 2 aromatic heterocycles. The van der Waals surface area contributed by atoms with Gasteiger partial charge in [-0.25, -0.2) is 9.78 Å². The van der Waals surface area contributed by atoms with E-state index >= 15 is 0 Å². The maximum absolute atomic E-state index is 12.1. The van der Waals surface area contributed by atoms with Crippen molar-refractivity contribution in [2.75, 3.05) is 0 Å². The van der Waals surface area contributed by atoms with Gasteiger partial charge in [0.05, 0.1) is 5.39 Å². The molecule has 0 bridgehead atoms. The maximum Gasteiger partial charge on any atom is 0.330 e. The lowest BCUT2D eigenvalue weighted by Crippen LogP contribution is -2.33. The highest BCUT2D eigenvalue weighted by Gasteiger charge is 2.23. The van der Waals surface area contributed by atoms with Crippen molar-refractivity contribution in [3.05, 3.63) is 38.2 Å². The highest BCUT2D eigenvalue weighted by Crippen LogP contribution is 2.25. The molecule has 0 radical (unpaired) electrons. The summed E-state index contributed by atoms with van der Waals surface area (Å²) in [6.45, 7) is 3.71. The van der Waals surface area contributed by atoms with Crippen molar-refractivity contribution in [3.8, 4) is 0 Å². The van der Waals surface area contributed by atoms with E-state index in [0.717, 1.165) is 12.0 Å². The summed E-state index contributed by atoms with van der Waals surface area (Å²) >= 11 is 0. The number of Topliss-reactive ketones (excluding diaryl/α,β-unsaturated/α-hetero) is 1. The number of nitrogens with zero attached hydrogens (tertiary/aromatic N) is 2. The first-order valence-corrected chi connectivity index (χ1v) is 6.70. The van der Waals surface area contributed by atoms with E-state index in [0.29, 0.717) is 29.4 Å². The van der Waals surface area contributed by atoms with Crippen molar-refractivity contribution in [2.24, 2.45) is 0 Å². The SMILES string of the molecule is CC(C)n1c(=O)[nH]c(=O)c2c3c(cnc21)C(=O)CCC3. The number of fused-ring (bicyclic) bond motifs is 3. The van der Waals surface area contributed by atoms with E-state index in [9.17, 15) is 14.4 Å². The number of H-pyrrole nitrogens is 1. The van der Waals surface area contributed by atoms with Gasteiger partial charge in [0.25, 0.3) is 5.56 Å². The number of ketones is 1. The zero-order chi connectivity index (χ0) is 14.4. The number of aryl methyl sites for hydroxylation is 1. The molecule has 1 N–H and O–H groups in total. The Morgan fingerprint density at radius 3 is 2.70 bits per heavy atom. The third kappa shape index (κ3) is 1.71. The lowest BCUT2D eigenvalue weighted by molar-refractivity contribution is 0.0972. The fourth-order valence-corrected chi connectivity index (χ4v) is 2.81. The molecule has 0 fully saturated rings. The van der Waals surface area contributed by atoms with E-state index < -0.39 is 11.2 Å². The zero-order valence-electron chi connectivity index (χ0n) is 11.4. The largest absolute Gasteiger partial charge is 0.330 e. The molecule has 2 heterocycles. The summed E-state index contributed by atoms with van der Waals surface area (Å²) < 4.78 is 1.45. The first-order valence-electron chi connectivity index (χ1n) is 6.70. The number of hydrogen-bond donors (Lipinski definition) is 1. The molecular weight excluding hydrogens is 258 g/mol. The number of carbonyl (C=O) groups excluding carboxylic acids is 1. The lowest BCUT2D eigenvalue weighted by atomic mass is 9.90. The Labute approximate surface area is 114 Å². The minimum atomic E-state index is -0.466. The molecule has 0 saturated heterocycles. The van der Waals surface area contributed by atoms with Gasteiger partial charge in [-0.05, 0) is 32.3 Å². The minimum Gasteiger partial charge on any atom is -0.294 e. The minimum absolute atomic E-state index is 0.0161. The van der Waals surface area contributed by atoms with Crippen LogP contribution in [0.3, 0.4) is 0 Å². The van der Waals surface area contributed by atoms with E-state index in [4.69, 9.17) is 0 Å². The monoisotopic (exact) mass is 273 g/mol. The summed E-state index contributed by atoms with van der Waals surface area (Å²) in [5, 5.41) is 0.379. The molecule has 1 aliphatic rings. The Morgan fingerprint density at radius 2 is 2.00 bits per heavy atom. The number of aromatic nitrogens is 3. The molecule has 104 valence electrons. The molecule has 1 aliphatic carbocycles. The topological polar surface area (TPSA) is 84.8 Å². The number of carbonyl (C=O) groups is 1. The van der Waals surface area contributed by atoms with E-state index in [-0.39, 0.29) is 11.8 Å². The van der Waals surface area contributed by atoms with Gasteiger partial charge in [0.15, 0.2) is 5.78 Å². The molecule has 0 aromatic carbocycles. The molecule has 6 nitrogen and oxygen atoms in total. The molecule has 6 heteroatoms. The van der Waals surface area contributed by atoms with Crippen molar-refractivity contribution in [1.29, 1.82) is 0 Å². The van der Waals surface area contributed by atoms with Crippen LogP contribution in [-0.2, 0) is 6.42 Å². The summed E-state index contributed by atoms with van der Waals surface area (Å²) in [5.41, 5.74) is 0.681. The van der Waals surface area contributed by atoms with E-state index in [1.165, 1.54) is 10.8 Å². The second-order valence-electron chi connectivity index (χ2n) is 5.35. The molecular formula is C14H15N3O3. The lowest BCUT2D eigenvalue weighted by Gasteiger charge is -2.18. The molecule has 0 spiro atoms. The fraction of sp³-hybridized carbons (Fsp3) is 0.429. The number of hydrogen-bond acceptors (Lipinski definition) is 4. The number of nitrogens with one attached hydrogen (secondary N) is 1. The van der Waals surface area contributed by atoms with Crippen molar-refractivity contribution >= 4 is 16.8 Å². The standard InChI is InChI=1S/C14H15N3O3/c1-7(2)17-12-11(13(19)16-14(17)20)8-4-3-5-10(18)9(8)6-15-12/h6-7H,3-5H2,1-2H3,(H,16,19,20). The second kappa shape index (κ2) is 4.40. The van der Waals surface area contributed by atoms with Crippen LogP contribution in [0.15, 0.2) is 15.8 Å². The van der Waals surface area contributed by atoms with Gasteiger partial charge in [0.2, 0.25) is 0 Å². The molecule has 0 unspecified atom stereocenters. The molecule has 20 heavy (non-hydrogen) atoms. The molecule has 2 aromatic rings. The van der Waals surface area contributed by atoms with Crippen LogP contribution >= 0.6 is 0 Å². The highest BCUT2D eigenvalue weighted by atomic mass is 16.2. The number of rotatable bonds is 1. The highest BCUT2D eigenvalue weighted by molar-refractivity contribution is 6.01. The zero-order valence-corrected chi connectivity index (χ0v) is 11.4. The summed E-state index contributed by atoms with van der Waals surface area (Å²) in [6, 6.07) is -0.119. The van der Waals surface area contributed by atoms with Gasteiger partial charge in [-0.1, -0.05) is 0 Å². The van der Waals surface area contributed by atoms with Crippen LogP contribution in [0.2, 0.25) is 0 Å². The normalized spacial score (nSPS) is 14.8. The third-order valence-corrected chi connectivity index (χ3v) is 3.71. The Hall–Kier alpha value is -2.24. The smallest absolute Gasteiger partial charge is 0.294 e. The van der Waals surface area contributed by atoms with Crippen LogP contribution in [0.5, 0.6) is 0 Å². The first-order chi connectivity index (χ1) is 9.50. The van der Waals surface area contributed by atoms with Gasteiger partial charge in [-0.3, -0.25) is 19.1 Å². The van der Waals surface area contributed by atoms with Gasteiger partial charge in [0, 0.05) is 24.2 Å². The van der Waals surface area contributed by atoms with E-state index in [2.05, 4.69) is 9.97 Å². The Kier molecular flexibility index (Phi) is 2.81. The van der Waals surface area contributed by atoms with Crippen LogP contribution in [-0.4, -0.2) is 20.3 Å². The van der Waals surface area contributed by atoms with E-state index in [1.807, 2.05) is 13.8 Å². The van der Waals surface area contributed by atoms with Crippen LogP contribution < -0.4 is 11.2 Å². The third-order valence-electron chi connectivity index (χ3n) is 3.71. The summed E-state index contributed by atoms with van der Waals surface area (Å²) in [5.74, 6) is 0.0161. The average molecular weight is 273 g/mol. The molecule has 0 amide bonds. The van der Waals surface area contributed by atoms with Crippen molar-refractivity contribution < 1.29 is 4.79 Å². The van der Waals surface area contributed by atoms with Gasteiger partial charge in [-0.2, -0.15) is 0 Å².